The van der Waals surface area contributed by atoms with Crippen LogP contribution in [0.1, 0.15) is 40.1 Å². The van der Waals surface area contributed by atoms with Crippen LogP contribution < -0.4 is 21.1 Å². The third-order valence-corrected chi connectivity index (χ3v) is 7.31. The van der Waals surface area contributed by atoms with Gasteiger partial charge in [-0.05, 0) is 53.4 Å². The summed E-state index contributed by atoms with van der Waals surface area (Å²) in [6.07, 6.45) is 1.25. The van der Waals surface area contributed by atoms with E-state index in [1.807, 2.05) is 79.7 Å². The molecule has 0 aliphatic rings. The maximum Gasteiger partial charge on any atom is 0.252 e. The molecular formula is C32H34N6O4. The summed E-state index contributed by atoms with van der Waals surface area (Å²) >= 11 is 0. The fourth-order valence-electron chi connectivity index (χ4n) is 5.03. The summed E-state index contributed by atoms with van der Waals surface area (Å²) in [6.45, 7) is 2.22. The molecule has 0 aliphatic heterocycles. The van der Waals surface area contributed by atoms with Crippen molar-refractivity contribution in [3.05, 3.63) is 101 Å². The number of aliphatic hydroxyl groups excluding tert-OH is 2. The van der Waals surface area contributed by atoms with E-state index in [1.165, 1.54) is 6.20 Å². The van der Waals surface area contributed by atoms with Crippen LogP contribution in [0.4, 0.5) is 11.4 Å². The topological polar surface area (TPSA) is 158 Å². The molecule has 0 spiro atoms. The van der Waals surface area contributed by atoms with Crippen LogP contribution >= 0.6 is 0 Å². The van der Waals surface area contributed by atoms with E-state index in [9.17, 15) is 15.0 Å². The highest BCUT2D eigenvalue weighted by molar-refractivity contribution is 6.06. The quantitative estimate of drug-likeness (QED) is 0.131. The molecule has 216 valence electrons. The fraction of sp³-hybridized carbons (Fsp3) is 0.219. The first-order valence-electron chi connectivity index (χ1n) is 13.7. The van der Waals surface area contributed by atoms with Crippen molar-refractivity contribution >= 4 is 28.4 Å². The Hall–Kier alpha value is -4.77. The number of pyridine rings is 1. The minimum atomic E-state index is -0.869. The van der Waals surface area contributed by atoms with Gasteiger partial charge >= 0.3 is 0 Å². The van der Waals surface area contributed by atoms with Gasteiger partial charge in [-0.3, -0.25) is 4.79 Å². The fourth-order valence-corrected chi connectivity index (χ4v) is 5.03. The van der Waals surface area contributed by atoms with Gasteiger partial charge < -0.3 is 36.3 Å². The number of methoxy groups -OCH3 is 1. The molecule has 0 saturated heterocycles. The second kappa shape index (κ2) is 12.8. The van der Waals surface area contributed by atoms with Gasteiger partial charge in [0, 0.05) is 24.0 Å². The Kier molecular flexibility index (Phi) is 8.77. The van der Waals surface area contributed by atoms with Gasteiger partial charge in [0.15, 0.2) is 5.65 Å². The number of aliphatic hydroxyl groups is 2. The number of carbonyl (C=O) groups excluding carboxylic acids is 1. The summed E-state index contributed by atoms with van der Waals surface area (Å²) in [5.74, 6) is 0.697. The average Bonchev–Trinajstić information content (AvgIpc) is 3.47. The zero-order valence-corrected chi connectivity index (χ0v) is 23.5. The number of amides is 1. The summed E-state index contributed by atoms with van der Waals surface area (Å²) in [4.78, 5) is 24.8. The molecule has 3 aromatic carbocycles. The van der Waals surface area contributed by atoms with Crippen molar-refractivity contribution in [3.8, 4) is 17.1 Å². The number of carbonyl (C=O) groups is 1. The van der Waals surface area contributed by atoms with Crippen LogP contribution in [0, 0.1) is 0 Å². The molecule has 7 N–H and O–H groups in total. The van der Waals surface area contributed by atoms with E-state index in [2.05, 4.69) is 25.6 Å². The minimum absolute atomic E-state index is 0.226. The molecular weight excluding hydrogens is 532 g/mol. The molecule has 2 heterocycles. The molecule has 2 aromatic heterocycles. The number of primary amides is 1. The second-order valence-electron chi connectivity index (χ2n) is 9.87. The Labute approximate surface area is 243 Å². The molecule has 42 heavy (non-hydrogen) atoms. The first-order valence-corrected chi connectivity index (χ1v) is 13.7. The SMILES string of the molecule is CCc1c(CN[C@@H](CO)[C@H](O)c2ccccc2)cccc1Nc1c(C(N)=O)cnc2nc(-c3ccc(OC)cc3)[nH]c12. The highest BCUT2D eigenvalue weighted by Gasteiger charge is 2.22. The van der Waals surface area contributed by atoms with Crippen molar-refractivity contribution in [3.63, 3.8) is 0 Å². The molecule has 0 radical (unpaired) electrons. The number of H-pyrrole nitrogens is 1. The van der Waals surface area contributed by atoms with Gasteiger partial charge in [-0.15, -0.1) is 0 Å². The third kappa shape index (κ3) is 5.96. The normalized spacial score (nSPS) is 12.7. The van der Waals surface area contributed by atoms with Gasteiger partial charge in [-0.2, -0.15) is 0 Å². The Morgan fingerprint density at radius 3 is 2.50 bits per heavy atom. The van der Waals surface area contributed by atoms with Gasteiger partial charge in [-0.1, -0.05) is 49.4 Å². The predicted octanol–water partition coefficient (Wildman–Crippen LogP) is 4.22. The van der Waals surface area contributed by atoms with Crippen LogP contribution in [0.2, 0.25) is 0 Å². The highest BCUT2D eigenvalue weighted by Crippen LogP contribution is 2.33. The number of imidazole rings is 1. The smallest absolute Gasteiger partial charge is 0.252 e. The van der Waals surface area contributed by atoms with Gasteiger partial charge in [0.25, 0.3) is 5.91 Å². The molecule has 0 unspecified atom stereocenters. The molecule has 2 atom stereocenters. The van der Waals surface area contributed by atoms with E-state index in [-0.39, 0.29) is 12.2 Å². The number of hydrogen-bond acceptors (Lipinski definition) is 8. The molecule has 0 fully saturated rings. The van der Waals surface area contributed by atoms with Crippen molar-refractivity contribution in [1.82, 2.24) is 20.3 Å². The lowest BCUT2D eigenvalue weighted by Gasteiger charge is -2.24. The summed E-state index contributed by atoms with van der Waals surface area (Å²) in [6, 6.07) is 22.0. The third-order valence-electron chi connectivity index (χ3n) is 7.31. The van der Waals surface area contributed by atoms with Crippen LogP contribution in [0.5, 0.6) is 5.75 Å². The van der Waals surface area contributed by atoms with E-state index < -0.39 is 18.1 Å². The van der Waals surface area contributed by atoms with E-state index in [4.69, 9.17) is 10.5 Å². The van der Waals surface area contributed by atoms with Crippen LogP contribution in [0.15, 0.2) is 79.0 Å². The number of aromatic nitrogens is 3. The van der Waals surface area contributed by atoms with Crippen molar-refractivity contribution in [2.24, 2.45) is 5.73 Å². The second-order valence-corrected chi connectivity index (χ2v) is 9.87. The lowest BCUT2D eigenvalue weighted by molar-refractivity contribution is 0.0891. The standard InChI is InChI=1S/C32H34N6O4/c1-3-23-21(16-34-26(18-39)29(40)19-8-5-4-6-9-19)10-7-11-25(23)36-27-24(30(33)41)17-35-32-28(27)37-31(38-32)20-12-14-22(42-2)15-13-20/h4-15,17,26,29,34,39-40H,3,16,18H2,1-2H3,(H2,33,41)(H2,35,36,37,38)/t26-,29+/m0/s1. The maximum atomic E-state index is 12.5. The number of rotatable bonds is 12. The molecule has 10 nitrogen and oxygen atoms in total. The van der Waals surface area contributed by atoms with Crippen LogP contribution in [0.3, 0.4) is 0 Å². The van der Waals surface area contributed by atoms with E-state index in [1.54, 1.807) is 7.11 Å². The predicted molar refractivity (Wildman–Crippen MR) is 163 cm³/mol. The molecule has 0 saturated carbocycles. The van der Waals surface area contributed by atoms with Crippen molar-refractivity contribution in [2.45, 2.75) is 32.0 Å². The van der Waals surface area contributed by atoms with E-state index in [0.29, 0.717) is 35.6 Å². The summed E-state index contributed by atoms with van der Waals surface area (Å²) in [7, 11) is 1.61. The zero-order valence-electron chi connectivity index (χ0n) is 23.5. The largest absolute Gasteiger partial charge is 0.497 e. The van der Waals surface area contributed by atoms with Gasteiger partial charge in [0.05, 0.1) is 37.1 Å². The van der Waals surface area contributed by atoms with Crippen molar-refractivity contribution < 1.29 is 19.7 Å². The summed E-state index contributed by atoms with van der Waals surface area (Å²) in [5.41, 5.74) is 11.8. The molecule has 0 aliphatic carbocycles. The summed E-state index contributed by atoms with van der Waals surface area (Å²) in [5, 5.41) is 27.6. The maximum absolute atomic E-state index is 12.5. The van der Waals surface area contributed by atoms with Crippen molar-refractivity contribution in [2.75, 3.05) is 19.0 Å². The number of nitrogens with one attached hydrogen (secondary N) is 3. The number of nitrogens with zero attached hydrogens (tertiary/aromatic N) is 2. The van der Waals surface area contributed by atoms with Crippen LogP contribution in [-0.4, -0.2) is 50.8 Å². The number of anilines is 2. The number of benzene rings is 3. The number of fused-ring (bicyclic) bond motifs is 1. The first kappa shape index (κ1) is 28.7. The number of nitrogens with two attached hydrogens (primary N) is 1. The molecule has 5 rings (SSSR count). The van der Waals surface area contributed by atoms with Gasteiger partial charge in [0.1, 0.15) is 17.1 Å². The Bertz CT molecular complexity index is 1670. The molecule has 1 amide bonds. The van der Waals surface area contributed by atoms with Gasteiger partial charge in [-0.25, -0.2) is 9.97 Å². The highest BCUT2D eigenvalue weighted by atomic mass is 16.5. The van der Waals surface area contributed by atoms with Crippen LogP contribution in [0.25, 0.3) is 22.6 Å². The summed E-state index contributed by atoms with van der Waals surface area (Å²) < 4.78 is 5.26. The van der Waals surface area contributed by atoms with Gasteiger partial charge in [0.2, 0.25) is 0 Å². The molecule has 5 aromatic rings. The monoisotopic (exact) mass is 566 g/mol. The number of hydrogen-bond donors (Lipinski definition) is 6. The molecule has 0 bridgehead atoms. The van der Waals surface area contributed by atoms with Crippen LogP contribution in [-0.2, 0) is 13.0 Å². The Morgan fingerprint density at radius 1 is 1.07 bits per heavy atom. The Balaban J connectivity index is 1.46. The Morgan fingerprint density at radius 2 is 1.83 bits per heavy atom. The molecule has 10 heteroatoms. The lowest BCUT2D eigenvalue weighted by atomic mass is 10.00. The number of aromatic amines is 1. The van der Waals surface area contributed by atoms with E-state index >= 15 is 0 Å². The minimum Gasteiger partial charge on any atom is -0.497 e. The van der Waals surface area contributed by atoms with E-state index in [0.717, 1.165) is 33.7 Å². The number of ether oxygens (including phenoxy) is 1. The average molecular weight is 567 g/mol. The van der Waals surface area contributed by atoms with Crippen molar-refractivity contribution in [1.29, 1.82) is 0 Å². The first-order chi connectivity index (χ1) is 20.4. The zero-order chi connectivity index (χ0) is 29.6. The lowest BCUT2D eigenvalue weighted by Crippen LogP contribution is -2.37.